The van der Waals surface area contributed by atoms with Crippen molar-refractivity contribution in [1.29, 1.82) is 0 Å². The molecular weight excluding hydrogens is 298 g/mol. The van der Waals surface area contributed by atoms with Crippen LogP contribution in [0.3, 0.4) is 0 Å². The van der Waals surface area contributed by atoms with E-state index < -0.39 is 13.9 Å². The molecule has 0 bridgehead atoms. The van der Waals surface area contributed by atoms with Crippen molar-refractivity contribution < 1.29 is 9.21 Å². The van der Waals surface area contributed by atoms with Crippen molar-refractivity contribution in [2.24, 2.45) is 0 Å². The first-order valence-corrected chi connectivity index (χ1v) is 10.4. The lowest BCUT2D eigenvalue weighted by molar-refractivity contribution is -0.114. The largest absolute Gasteiger partial charge is 0.421 e. The fourth-order valence-corrected chi connectivity index (χ4v) is 3.74. The van der Waals surface area contributed by atoms with Gasteiger partial charge in [-0.1, -0.05) is 19.6 Å². The highest BCUT2D eigenvalue weighted by Crippen LogP contribution is 2.25. The van der Waals surface area contributed by atoms with Crippen LogP contribution in [0.1, 0.15) is 6.92 Å². The van der Waals surface area contributed by atoms with Crippen molar-refractivity contribution in [3.63, 3.8) is 0 Å². The maximum Gasteiger partial charge on any atom is 0.360 e. The van der Waals surface area contributed by atoms with Gasteiger partial charge < -0.3 is 14.0 Å². The molecule has 0 radical (unpaired) electrons. The smallest absolute Gasteiger partial charge is 0.360 e. The molecule has 0 spiro atoms. The summed E-state index contributed by atoms with van der Waals surface area (Å²) < 4.78 is 7.49. The third-order valence-electron chi connectivity index (χ3n) is 3.43. The average molecular weight is 315 g/mol. The summed E-state index contributed by atoms with van der Waals surface area (Å²) in [6.45, 7) is 8.04. The highest BCUT2D eigenvalue weighted by molar-refractivity contribution is 6.75. The average Bonchev–Trinajstić information content (AvgIpc) is 2.79. The second-order valence-corrected chi connectivity index (χ2v) is 11.1. The fourth-order valence-electron chi connectivity index (χ4n) is 2.43. The summed E-state index contributed by atoms with van der Waals surface area (Å²) in [5, 5.41) is 3.25. The third-order valence-corrected chi connectivity index (χ3v) is 5.24. The summed E-state index contributed by atoms with van der Waals surface area (Å²) in [7, 11) is -1.59. The molecule has 1 aromatic carbocycles. The van der Waals surface area contributed by atoms with Crippen LogP contribution in [-0.2, 0) is 4.79 Å². The zero-order valence-electron chi connectivity index (χ0n) is 12.9. The predicted molar refractivity (Wildman–Crippen MR) is 88.8 cm³/mol. The fraction of sp³-hybridized carbons (Fsp3) is 0.267. The lowest BCUT2D eigenvalue weighted by atomic mass is 10.2. The summed E-state index contributed by atoms with van der Waals surface area (Å²) in [5.41, 5.74) is 1.86. The molecular formula is C15H17N3O3Si. The van der Waals surface area contributed by atoms with Gasteiger partial charge in [0, 0.05) is 18.4 Å². The van der Waals surface area contributed by atoms with Crippen molar-refractivity contribution >= 4 is 41.8 Å². The number of nitrogens with one attached hydrogen (secondary N) is 1. The van der Waals surface area contributed by atoms with E-state index in [4.69, 9.17) is 4.42 Å². The number of carbonyl (C=O) groups excluding carboxylic acids is 1. The number of fused-ring (bicyclic) bond motifs is 2. The van der Waals surface area contributed by atoms with E-state index in [0.717, 1.165) is 16.4 Å². The Labute approximate surface area is 127 Å². The van der Waals surface area contributed by atoms with Gasteiger partial charge in [0.15, 0.2) is 8.24 Å². The Morgan fingerprint density at radius 1 is 1.27 bits per heavy atom. The van der Waals surface area contributed by atoms with Gasteiger partial charge in [-0.15, -0.1) is 0 Å². The van der Waals surface area contributed by atoms with Crippen LogP contribution in [0.5, 0.6) is 0 Å². The molecule has 1 N–H and O–H groups in total. The Morgan fingerprint density at radius 2 is 2.00 bits per heavy atom. The number of hydrogen-bond acceptors (Lipinski definition) is 4. The molecule has 0 aliphatic heterocycles. The minimum atomic E-state index is -1.59. The van der Waals surface area contributed by atoms with Crippen molar-refractivity contribution in [3.8, 4) is 0 Å². The predicted octanol–water partition coefficient (Wildman–Crippen LogP) is 2.78. The van der Waals surface area contributed by atoms with Gasteiger partial charge in [0.2, 0.25) is 5.91 Å². The normalized spacial score (nSPS) is 12.0. The number of anilines is 1. The summed E-state index contributed by atoms with van der Waals surface area (Å²) in [6, 6.07) is 5.36. The van der Waals surface area contributed by atoms with Crippen LogP contribution in [-0.4, -0.2) is 23.4 Å². The van der Waals surface area contributed by atoms with Crippen molar-refractivity contribution in [2.45, 2.75) is 26.6 Å². The third kappa shape index (κ3) is 2.43. The molecule has 0 saturated carbocycles. The maximum absolute atomic E-state index is 11.9. The molecule has 2 heterocycles. The molecule has 0 aliphatic carbocycles. The lowest BCUT2D eigenvalue weighted by Crippen LogP contribution is -2.31. The summed E-state index contributed by atoms with van der Waals surface area (Å²) in [6.07, 6.45) is 1.84. The standard InChI is InChI=1S/C15H17N3O3Si/c1-9(19)17-12-5-10-6-13-11(7-14(10)21-15(12)20)16-8-18(13)22(2,3)4/h5-8H,1-4H3,(H,17,19). The molecule has 2 aromatic heterocycles. The molecule has 1 amide bonds. The van der Waals surface area contributed by atoms with E-state index in [0.29, 0.717) is 5.58 Å². The minimum absolute atomic E-state index is 0.151. The highest BCUT2D eigenvalue weighted by Gasteiger charge is 2.19. The number of amides is 1. The van der Waals surface area contributed by atoms with E-state index in [2.05, 4.69) is 34.2 Å². The molecule has 0 atom stereocenters. The van der Waals surface area contributed by atoms with Crippen molar-refractivity contribution in [2.75, 3.05) is 5.32 Å². The van der Waals surface area contributed by atoms with Crippen molar-refractivity contribution in [3.05, 3.63) is 34.9 Å². The van der Waals surface area contributed by atoms with E-state index >= 15 is 0 Å². The molecule has 22 heavy (non-hydrogen) atoms. The zero-order chi connectivity index (χ0) is 16.1. The number of benzene rings is 1. The quantitative estimate of drug-likeness (QED) is 0.583. The molecule has 0 fully saturated rings. The Bertz CT molecular complexity index is 950. The van der Waals surface area contributed by atoms with Crippen LogP contribution < -0.4 is 10.9 Å². The second-order valence-electron chi connectivity index (χ2n) is 6.29. The minimum Gasteiger partial charge on any atom is -0.421 e. The molecule has 3 rings (SSSR count). The number of imidazole rings is 1. The Hall–Kier alpha value is -2.41. The number of hydrogen-bond donors (Lipinski definition) is 1. The first-order valence-electron chi connectivity index (χ1n) is 6.99. The number of rotatable bonds is 2. The SMILES string of the molecule is CC(=O)Nc1cc2cc3c(cc2oc1=O)ncn3[Si](C)(C)C. The lowest BCUT2D eigenvalue weighted by Gasteiger charge is -2.19. The van der Waals surface area contributed by atoms with Crippen LogP contribution in [0.2, 0.25) is 19.6 Å². The van der Waals surface area contributed by atoms with Crippen LogP contribution in [0.15, 0.2) is 33.7 Å². The van der Waals surface area contributed by atoms with E-state index in [1.54, 1.807) is 12.1 Å². The molecule has 0 aliphatic rings. The van der Waals surface area contributed by atoms with Gasteiger partial charge in [0.25, 0.3) is 0 Å². The Morgan fingerprint density at radius 3 is 2.64 bits per heavy atom. The van der Waals surface area contributed by atoms with Gasteiger partial charge in [-0.2, -0.15) is 0 Å². The van der Waals surface area contributed by atoms with E-state index in [9.17, 15) is 9.59 Å². The first-order chi connectivity index (χ1) is 10.3. The molecule has 6 nitrogen and oxygen atoms in total. The Kier molecular flexibility index (Phi) is 3.17. The number of aromatic nitrogens is 2. The van der Waals surface area contributed by atoms with Crippen molar-refractivity contribution in [1.82, 2.24) is 9.22 Å². The van der Waals surface area contributed by atoms with Gasteiger partial charge in [0.1, 0.15) is 11.3 Å². The molecule has 7 heteroatoms. The van der Waals surface area contributed by atoms with E-state index in [-0.39, 0.29) is 11.6 Å². The highest BCUT2D eigenvalue weighted by atomic mass is 28.3. The number of carbonyl (C=O) groups is 1. The van der Waals surface area contributed by atoms with Crippen LogP contribution in [0.25, 0.3) is 22.0 Å². The summed E-state index contributed by atoms with van der Waals surface area (Å²) in [5.74, 6) is -0.306. The van der Waals surface area contributed by atoms with Gasteiger partial charge in [-0.05, 0) is 12.1 Å². The maximum atomic E-state index is 11.9. The summed E-state index contributed by atoms with van der Waals surface area (Å²) in [4.78, 5) is 27.4. The van der Waals surface area contributed by atoms with Crippen LogP contribution in [0.4, 0.5) is 5.69 Å². The van der Waals surface area contributed by atoms with Gasteiger partial charge in [0.05, 0.1) is 17.4 Å². The molecule has 0 saturated heterocycles. The monoisotopic (exact) mass is 315 g/mol. The van der Waals surface area contributed by atoms with Gasteiger partial charge in [-0.25, -0.2) is 9.78 Å². The van der Waals surface area contributed by atoms with Crippen LogP contribution in [0, 0.1) is 0 Å². The van der Waals surface area contributed by atoms with Crippen LogP contribution >= 0.6 is 0 Å². The van der Waals surface area contributed by atoms with Gasteiger partial charge in [-0.3, -0.25) is 4.79 Å². The molecule has 0 unspecified atom stereocenters. The zero-order valence-corrected chi connectivity index (χ0v) is 13.9. The first kappa shape index (κ1) is 14.5. The molecule has 114 valence electrons. The second kappa shape index (κ2) is 4.81. The Balaban J connectivity index is 2.29. The number of nitrogens with zero attached hydrogens (tertiary/aromatic N) is 2. The summed E-state index contributed by atoms with van der Waals surface area (Å²) >= 11 is 0. The van der Waals surface area contributed by atoms with Gasteiger partial charge >= 0.3 is 5.63 Å². The molecule has 3 aromatic rings. The topological polar surface area (TPSA) is 77.1 Å². The van der Waals surface area contributed by atoms with E-state index in [1.807, 2.05) is 12.4 Å². The van der Waals surface area contributed by atoms with E-state index in [1.165, 1.54) is 6.92 Å².